The predicted octanol–water partition coefficient (Wildman–Crippen LogP) is 4.21. The standard InChI is InChI=1S/C15H25NO2S/c1-7-11-10-12(8-9-13(11)19-6)16(5)14(17)18-15(2,3)4/h7,12H,1,8-10H2,2-6H3. The van der Waals surface area contributed by atoms with Crippen LogP contribution in [0.5, 0.6) is 0 Å². The SMILES string of the molecule is C=CC1=C(SC)CCC(N(C)C(=O)OC(C)(C)C)C1. The first kappa shape index (κ1) is 16.2. The monoisotopic (exact) mass is 283 g/mol. The number of carbonyl (C=O) groups is 1. The minimum atomic E-state index is -0.443. The average Bonchev–Trinajstić information content (AvgIpc) is 2.34. The number of thioether (sulfide) groups is 1. The Morgan fingerprint density at radius 1 is 1.53 bits per heavy atom. The lowest BCUT2D eigenvalue weighted by Gasteiger charge is -2.34. The second-order valence-corrected chi connectivity index (χ2v) is 6.75. The van der Waals surface area contributed by atoms with E-state index in [1.165, 1.54) is 10.5 Å². The van der Waals surface area contributed by atoms with Crippen molar-refractivity contribution >= 4 is 17.9 Å². The van der Waals surface area contributed by atoms with Crippen LogP contribution in [0.25, 0.3) is 0 Å². The molecule has 4 heteroatoms. The fourth-order valence-corrected chi connectivity index (χ4v) is 2.92. The summed E-state index contributed by atoms with van der Waals surface area (Å²) < 4.78 is 5.41. The lowest BCUT2D eigenvalue weighted by atomic mass is 9.93. The molecule has 3 nitrogen and oxygen atoms in total. The third kappa shape index (κ3) is 4.60. The maximum Gasteiger partial charge on any atom is 0.410 e. The molecule has 108 valence electrons. The zero-order valence-corrected chi connectivity index (χ0v) is 13.5. The molecular weight excluding hydrogens is 258 g/mol. The number of rotatable bonds is 3. The molecule has 1 rings (SSSR count). The fourth-order valence-electron chi connectivity index (χ4n) is 2.17. The van der Waals surface area contributed by atoms with E-state index in [1.54, 1.807) is 16.7 Å². The van der Waals surface area contributed by atoms with Crippen LogP contribution in [0.3, 0.4) is 0 Å². The topological polar surface area (TPSA) is 29.5 Å². The highest BCUT2D eigenvalue weighted by atomic mass is 32.2. The minimum Gasteiger partial charge on any atom is -0.444 e. The van der Waals surface area contributed by atoms with E-state index in [1.807, 2.05) is 33.9 Å². The number of hydrogen-bond donors (Lipinski definition) is 0. The van der Waals surface area contributed by atoms with E-state index in [-0.39, 0.29) is 12.1 Å². The minimum absolute atomic E-state index is 0.207. The second-order valence-electron chi connectivity index (χ2n) is 5.84. The predicted molar refractivity (Wildman–Crippen MR) is 82.4 cm³/mol. The molecule has 1 amide bonds. The summed E-state index contributed by atoms with van der Waals surface area (Å²) in [5.74, 6) is 0. The number of hydrogen-bond acceptors (Lipinski definition) is 3. The van der Waals surface area contributed by atoms with E-state index in [2.05, 4.69) is 12.8 Å². The summed E-state index contributed by atoms with van der Waals surface area (Å²) in [5, 5.41) is 0. The molecule has 0 aromatic rings. The molecule has 1 unspecified atom stereocenters. The molecule has 0 saturated carbocycles. The molecule has 0 aromatic heterocycles. The van der Waals surface area contributed by atoms with Crippen molar-refractivity contribution in [2.24, 2.45) is 0 Å². The van der Waals surface area contributed by atoms with Crippen LogP contribution in [0, 0.1) is 0 Å². The molecule has 1 aliphatic rings. The van der Waals surface area contributed by atoms with Gasteiger partial charge in [-0.15, -0.1) is 11.8 Å². The van der Waals surface area contributed by atoms with Crippen molar-refractivity contribution in [3.8, 4) is 0 Å². The first-order valence-electron chi connectivity index (χ1n) is 6.62. The van der Waals surface area contributed by atoms with Crippen molar-refractivity contribution in [2.45, 2.75) is 51.7 Å². The molecule has 0 heterocycles. The molecular formula is C15H25NO2S. The van der Waals surface area contributed by atoms with E-state index in [0.717, 1.165) is 19.3 Å². The summed E-state index contributed by atoms with van der Waals surface area (Å²) >= 11 is 1.78. The molecule has 0 N–H and O–H groups in total. The molecule has 0 aromatic carbocycles. The Hall–Kier alpha value is -0.900. The molecule has 0 aliphatic heterocycles. The number of carbonyl (C=O) groups excluding carboxylic acids is 1. The lowest BCUT2D eigenvalue weighted by Crippen LogP contribution is -2.41. The summed E-state index contributed by atoms with van der Waals surface area (Å²) in [5.41, 5.74) is 0.820. The Labute approximate surface area is 121 Å². The molecule has 1 atom stereocenters. The number of ether oxygens (including phenoxy) is 1. The smallest absolute Gasteiger partial charge is 0.410 e. The van der Waals surface area contributed by atoms with E-state index in [0.29, 0.717) is 0 Å². The third-order valence-corrected chi connectivity index (χ3v) is 4.20. The third-order valence-electron chi connectivity index (χ3n) is 3.24. The van der Waals surface area contributed by atoms with Gasteiger partial charge in [0.25, 0.3) is 0 Å². The molecule has 19 heavy (non-hydrogen) atoms. The van der Waals surface area contributed by atoms with Crippen LogP contribution >= 0.6 is 11.8 Å². The normalized spacial score (nSPS) is 20.2. The van der Waals surface area contributed by atoms with Gasteiger partial charge in [0.15, 0.2) is 0 Å². The second kappa shape index (κ2) is 6.51. The van der Waals surface area contributed by atoms with Crippen molar-refractivity contribution in [1.29, 1.82) is 0 Å². The van der Waals surface area contributed by atoms with Crippen LogP contribution in [-0.4, -0.2) is 35.9 Å². The van der Waals surface area contributed by atoms with Crippen LogP contribution in [0.2, 0.25) is 0 Å². The summed E-state index contributed by atoms with van der Waals surface area (Å²) in [4.78, 5) is 15.2. The highest BCUT2D eigenvalue weighted by Gasteiger charge is 2.28. The molecule has 0 fully saturated rings. The van der Waals surface area contributed by atoms with Crippen molar-refractivity contribution in [3.05, 3.63) is 23.1 Å². The number of nitrogens with zero attached hydrogens (tertiary/aromatic N) is 1. The fraction of sp³-hybridized carbons (Fsp3) is 0.667. The van der Waals surface area contributed by atoms with Gasteiger partial charge >= 0.3 is 6.09 Å². The number of amides is 1. The van der Waals surface area contributed by atoms with Gasteiger partial charge in [0.05, 0.1) is 0 Å². The summed E-state index contributed by atoms with van der Waals surface area (Å²) in [6, 6.07) is 0.207. The van der Waals surface area contributed by atoms with Gasteiger partial charge in [-0.2, -0.15) is 0 Å². The van der Waals surface area contributed by atoms with Crippen LogP contribution < -0.4 is 0 Å². The quantitative estimate of drug-likeness (QED) is 0.777. The highest BCUT2D eigenvalue weighted by molar-refractivity contribution is 8.02. The molecule has 1 aliphatic carbocycles. The van der Waals surface area contributed by atoms with E-state index < -0.39 is 5.60 Å². The maximum atomic E-state index is 12.1. The summed E-state index contributed by atoms with van der Waals surface area (Å²) in [6.07, 6.45) is 6.64. The Balaban J connectivity index is 2.70. The largest absolute Gasteiger partial charge is 0.444 e. The van der Waals surface area contributed by atoms with Gasteiger partial charge in [-0.05, 0) is 56.8 Å². The van der Waals surface area contributed by atoms with Crippen LogP contribution in [0.4, 0.5) is 4.79 Å². The first-order chi connectivity index (χ1) is 8.78. The maximum absolute atomic E-state index is 12.1. The zero-order chi connectivity index (χ0) is 14.6. The Morgan fingerprint density at radius 3 is 2.63 bits per heavy atom. The van der Waals surface area contributed by atoms with Crippen LogP contribution in [-0.2, 0) is 4.74 Å². The highest BCUT2D eigenvalue weighted by Crippen LogP contribution is 2.34. The zero-order valence-electron chi connectivity index (χ0n) is 12.7. The Kier molecular flexibility index (Phi) is 5.53. The van der Waals surface area contributed by atoms with Gasteiger partial charge in [-0.1, -0.05) is 12.7 Å². The average molecular weight is 283 g/mol. The van der Waals surface area contributed by atoms with Gasteiger partial charge < -0.3 is 9.64 Å². The summed E-state index contributed by atoms with van der Waals surface area (Å²) in [6.45, 7) is 9.54. The number of allylic oxidation sites excluding steroid dienone is 2. The molecule has 0 saturated heterocycles. The summed E-state index contributed by atoms with van der Waals surface area (Å²) in [7, 11) is 1.82. The van der Waals surface area contributed by atoms with E-state index >= 15 is 0 Å². The van der Waals surface area contributed by atoms with Gasteiger partial charge in [0.2, 0.25) is 0 Å². The van der Waals surface area contributed by atoms with Crippen molar-refractivity contribution < 1.29 is 9.53 Å². The molecule has 0 spiro atoms. The Bertz CT molecular complexity index is 382. The Morgan fingerprint density at radius 2 is 2.16 bits per heavy atom. The van der Waals surface area contributed by atoms with Gasteiger partial charge in [0.1, 0.15) is 5.60 Å². The van der Waals surface area contributed by atoms with Gasteiger partial charge in [0, 0.05) is 13.1 Å². The molecule has 0 radical (unpaired) electrons. The molecule has 0 bridgehead atoms. The van der Waals surface area contributed by atoms with Crippen LogP contribution in [0.1, 0.15) is 40.0 Å². The van der Waals surface area contributed by atoms with Gasteiger partial charge in [-0.3, -0.25) is 0 Å². The van der Waals surface area contributed by atoms with Crippen molar-refractivity contribution in [3.63, 3.8) is 0 Å². The first-order valence-corrected chi connectivity index (χ1v) is 7.85. The van der Waals surface area contributed by atoms with Crippen molar-refractivity contribution in [1.82, 2.24) is 4.90 Å². The van der Waals surface area contributed by atoms with E-state index in [4.69, 9.17) is 4.74 Å². The van der Waals surface area contributed by atoms with Crippen LogP contribution in [0.15, 0.2) is 23.1 Å². The van der Waals surface area contributed by atoms with Crippen molar-refractivity contribution in [2.75, 3.05) is 13.3 Å². The van der Waals surface area contributed by atoms with Gasteiger partial charge in [-0.25, -0.2) is 4.79 Å². The lowest BCUT2D eigenvalue weighted by molar-refractivity contribution is 0.0212. The van der Waals surface area contributed by atoms with E-state index in [9.17, 15) is 4.79 Å².